The minimum absolute atomic E-state index is 0.531. The SMILES string of the molecule is CCNC(=NCc1ccc(C)cc1C)NCC(C(C)C)N1CCN(C)CC1. The van der Waals surface area contributed by atoms with Crippen LogP contribution in [0.25, 0.3) is 0 Å². The molecule has 0 spiro atoms. The van der Waals surface area contributed by atoms with Gasteiger partial charge in [0.15, 0.2) is 5.96 Å². The Bertz CT molecular complexity index is 603. The third-order valence-corrected chi connectivity index (χ3v) is 5.50. The average molecular weight is 374 g/mol. The van der Waals surface area contributed by atoms with E-state index in [9.17, 15) is 0 Å². The summed E-state index contributed by atoms with van der Waals surface area (Å²) in [5.74, 6) is 1.53. The van der Waals surface area contributed by atoms with Crippen LogP contribution in [0.3, 0.4) is 0 Å². The van der Waals surface area contributed by atoms with E-state index in [1.54, 1.807) is 0 Å². The van der Waals surface area contributed by atoms with Crippen LogP contribution in [0.15, 0.2) is 23.2 Å². The highest BCUT2D eigenvalue weighted by molar-refractivity contribution is 5.79. The zero-order valence-electron chi connectivity index (χ0n) is 18.2. The lowest BCUT2D eigenvalue weighted by Crippen LogP contribution is -2.55. The van der Waals surface area contributed by atoms with Gasteiger partial charge in [0.1, 0.15) is 0 Å². The molecular weight excluding hydrogens is 334 g/mol. The predicted octanol–water partition coefficient (Wildman–Crippen LogP) is 2.63. The van der Waals surface area contributed by atoms with Crippen LogP contribution in [0.4, 0.5) is 0 Å². The van der Waals surface area contributed by atoms with Gasteiger partial charge < -0.3 is 15.5 Å². The Balaban J connectivity index is 1.98. The Hall–Kier alpha value is -1.59. The van der Waals surface area contributed by atoms with Crippen LogP contribution in [0.1, 0.15) is 37.5 Å². The molecule has 1 saturated heterocycles. The van der Waals surface area contributed by atoms with Crippen molar-refractivity contribution in [2.24, 2.45) is 10.9 Å². The summed E-state index contributed by atoms with van der Waals surface area (Å²) >= 11 is 0. The first-order valence-corrected chi connectivity index (χ1v) is 10.4. The summed E-state index contributed by atoms with van der Waals surface area (Å²) in [7, 11) is 2.21. The molecule has 1 fully saturated rings. The molecule has 5 heteroatoms. The van der Waals surface area contributed by atoms with Gasteiger partial charge in [-0.3, -0.25) is 4.90 Å². The van der Waals surface area contributed by atoms with E-state index >= 15 is 0 Å². The number of guanidine groups is 1. The molecule has 1 aromatic rings. The van der Waals surface area contributed by atoms with Crippen LogP contribution < -0.4 is 10.6 Å². The number of aliphatic imine (C=N–C) groups is 1. The summed E-state index contributed by atoms with van der Waals surface area (Å²) in [6.45, 7) is 18.2. The van der Waals surface area contributed by atoms with Gasteiger partial charge in [-0.05, 0) is 44.9 Å². The maximum absolute atomic E-state index is 4.83. The van der Waals surface area contributed by atoms with E-state index in [-0.39, 0.29) is 0 Å². The third-order valence-electron chi connectivity index (χ3n) is 5.50. The quantitative estimate of drug-likeness (QED) is 0.570. The van der Waals surface area contributed by atoms with Crippen molar-refractivity contribution in [3.63, 3.8) is 0 Å². The van der Waals surface area contributed by atoms with E-state index in [0.29, 0.717) is 18.5 Å². The summed E-state index contributed by atoms with van der Waals surface area (Å²) in [6, 6.07) is 7.12. The molecule has 1 aromatic carbocycles. The van der Waals surface area contributed by atoms with Crippen molar-refractivity contribution in [1.82, 2.24) is 20.4 Å². The van der Waals surface area contributed by atoms with Crippen LogP contribution in [0, 0.1) is 19.8 Å². The van der Waals surface area contributed by atoms with Crippen molar-refractivity contribution < 1.29 is 0 Å². The summed E-state index contributed by atoms with van der Waals surface area (Å²) in [6.07, 6.45) is 0. The Labute approximate surface area is 166 Å². The number of aryl methyl sites for hydroxylation is 2. The van der Waals surface area contributed by atoms with E-state index in [4.69, 9.17) is 4.99 Å². The van der Waals surface area contributed by atoms with Gasteiger partial charge in [0.25, 0.3) is 0 Å². The zero-order chi connectivity index (χ0) is 19.8. The van der Waals surface area contributed by atoms with Gasteiger partial charge in [0.2, 0.25) is 0 Å². The second-order valence-electron chi connectivity index (χ2n) is 8.16. The third kappa shape index (κ3) is 6.82. The molecule has 2 rings (SSSR count). The molecule has 1 atom stereocenters. The van der Waals surface area contributed by atoms with Crippen LogP contribution in [0.5, 0.6) is 0 Å². The second kappa shape index (κ2) is 10.7. The molecule has 0 radical (unpaired) electrons. The number of rotatable bonds is 7. The molecule has 1 aliphatic heterocycles. The second-order valence-corrected chi connectivity index (χ2v) is 8.16. The monoisotopic (exact) mass is 373 g/mol. The predicted molar refractivity (Wildman–Crippen MR) is 116 cm³/mol. The molecule has 0 bridgehead atoms. The highest BCUT2D eigenvalue weighted by Crippen LogP contribution is 2.13. The Kier molecular flexibility index (Phi) is 8.58. The van der Waals surface area contributed by atoms with Gasteiger partial charge in [-0.1, -0.05) is 37.6 Å². The van der Waals surface area contributed by atoms with Crippen molar-refractivity contribution >= 4 is 5.96 Å². The average Bonchev–Trinajstić information content (AvgIpc) is 2.62. The number of piperazine rings is 1. The number of nitrogens with one attached hydrogen (secondary N) is 2. The van der Waals surface area contributed by atoms with E-state index in [2.05, 4.69) is 80.3 Å². The molecule has 0 aliphatic carbocycles. The van der Waals surface area contributed by atoms with Gasteiger partial charge in [-0.2, -0.15) is 0 Å². The topological polar surface area (TPSA) is 42.9 Å². The number of hydrogen-bond acceptors (Lipinski definition) is 3. The number of benzene rings is 1. The van der Waals surface area contributed by atoms with E-state index in [1.165, 1.54) is 16.7 Å². The zero-order valence-corrected chi connectivity index (χ0v) is 18.2. The van der Waals surface area contributed by atoms with Crippen molar-refractivity contribution in [3.05, 3.63) is 34.9 Å². The summed E-state index contributed by atoms with van der Waals surface area (Å²) in [5, 5.41) is 7.00. The lowest BCUT2D eigenvalue weighted by molar-refractivity contribution is 0.0900. The molecule has 1 heterocycles. The minimum atomic E-state index is 0.531. The summed E-state index contributed by atoms with van der Waals surface area (Å²) < 4.78 is 0. The first kappa shape index (κ1) is 21.7. The molecular formula is C22H39N5. The first-order valence-electron chi connectivity index (χ1n) is 10.4. The normalized spacial score (nSPS) is 18.0. The molecule has 1 unspecified atom stereocenters. The fraction of sp³-hybridized carbons (Fsp3) is 0.682. The molecule has 0 amide bonds. The molecule has 2 N–H and O–H groups in total. The van der Waals surface area contributed by atoms with Crippen molar-refractivity contribution in [2.45, 2.75) is 47.2 Å². The largest absolute Gasteiger partial charge is 0.357 e. The molecule has 0 aromatic heterocycles. The van der Waals surface area contributed by atoms with Gasteiger partial charge in [-0.25, -0.2) is 4.99 Å². The van der Waals surface area contributed by atoms with E-state index in [1.807, 2.05) is 0 Å². The van der Waals surface area contributed by atoms with E-state index < -0.39 is 0 Å². The highest BCUT2D eigenvalue weighted by Gasteiger charge is 2.25. The van der Waals surface area contributed by atoms with Gasteiger partial charge >= 0.3 is 0 Å². The maximum atomic E-state index is 4.83. The number of nitrogens with zero attached hydrogens (tertiary/aromatic N) is 3. The Morgan fingerprint density at radius 1 is 1.11 bits per heavy atom. The maximum Gasteiger partial charge on any atom is 0.191 e. The Morgan fingerprint density at radius 2 is 1.81 bits per heavy atom. The fourth-order valence-electron chi connectivity index (χ4n) is 3.67. The number of hydrogen-bond donors (Lipinski definition) is 2. The van der Waals surface area contributed by atoms with Crippen molar-refractivity contribution in [1.29, 1.82) is 0 Å². The fourth-order valence-corrected chi connectivity index (χ4v) is 3.67. The molecule has 5 nitrogen and oxygen atoms in total. The molecule has 152 valence electrons. The van der Waals surface area contributed by atoms with Crippen LogP contribution in [-0.4, -0.2) is 68.1 Å². The van der Waals surface area contributed by atoms with Crippen molar-refractivity contribution in [2.75, 3.05) is 46.3 Å². The molecule has 0 saturated carbocycles. The summed E-state index contributed by atoms with van der Waals surface area (Å²) in [5.41, 5.74) is 3.90. The van der Waals surface area contributed by atoms with Crippen LogP contribution in [-0.2, 0) is 6.54 Å². The lowest BCUT2D eigenvalue weighted by atomic mass is 10.0. The smallest absolute Gasteiger partial charge is 0.191 e. The minimum Gasteiger partial charge on any atom is -0.357 e. The van der Waals surface area contributed by atoms with Gasteiger partial charge in [0.05, 0.1) is 6.54 Å². The van der Waals surface area contributed by atoms with Gasteiger partial charge in [0, 0.05) is 45.3 Å². The summed E-state index contributed by atoms with van der Waals surface area (Å²) in [4.78, 5) is 9.87. The molecule has 1 aliphatic rings. The standard InChI is InChI=1S/C22H39N5/c1-7-23-22(24-15-20-9-8-18(4)14-19(20)5)25-16-21(17(2)3)27-12-10-26(6)11-13-27/h8-9,14,17,21H,7,10-13,15-16H2,1-6H3,(H2,23,24,25). The van der Waals surface area contributed by atoms with Crippen LogP contribution >= 0.6 is 0 Å². The van der Waals surface area contributed by atoms with Gasteiger partial charge in [-0.15, -0.1) is 0 Å². The molecule has 27 heavy (non-hydrogen) atoms. The van der Waals surface area contributed by atoms with Crippen LogP contribution in [0.2, 0.25) is 0 Å². The van der Waals surface area contributed by atoms with E-state index in [0.717, 1.165) is 45.2 Å². The first-order chi connectivity index (χ1) is 12.9. The number of likely N-dealkylation sites (N-methyl/N-ethyl adjacent to an activating group) is 1. The Morgan fingerprint density at radius 3 is 2.41 bits per heavy atom. The highest BCUT2D eigenvalue weighted by atomic mass is 15.3. The van der Waals surface area contributed by atoms with Crippen molar-refractivity contribution in [3.8, 4) is 0 Å². The lowest BCUT2D eigenvalue weighted by Gasteiger charge is -2.40.